The number of benzene rings is 3. The van der Waals surface area contributed by atoms with Crippen molar-refractivity contribution in [3.8, 4) is 0 Å². The molecule has 0 aromatic heterocycles. The van der Waals surface area contributed by atoms with Crippen LogP contribution in [-0.4, -0.2) is 18.4 Å². The van der Waals surface area contributed by atoms with Crippen LogP contribution in [0.25, 0.3) is 5.57 Å². The van der Waals surface area contributed by atoms with E-state index >= 15 is 0 Å². The molecule has 3 aromatic carbocycles. The van der Waals surface area contributed by atoms with Gasteiger partial charge >= 0.3 is 0 Å². The number of hydrogen-bond acceptors (Lipinski definition) is 3. The quantitative estimate of drug-likeness (QED) is 0.491. The molecule has 0 atom stereocenters. The Kier molecular flexibility index (Phi) is 5.70. The van der Waals surface area contributed by atoms with Crippen molar-refractivity contribution in [2.24, 2.45) is 0 Å². The van der Waals surface area contributed by atoms with Crippen LogP contribution >= 0.6 is 0 Å². The maximum atomic E-state index is 13.9. The molecule has 1 aliphatic heterocycles. The summed E-state index contributed by atoms with van der Waals surface area (Å²) in [7, 11) is 0. The molecular formula is C28H28N2O2. The Balaban J connectivity index is 1.97. The van der Waals surface area contributed by atoms with E-state index in [2.05, 4.69) is 6.07 Å². The number of carbonyl (C=O) groups excluding carboxylic acids is 2. The second-order valence-electron chi connectivity index (χ2n) is 8.29. The molecule has 2 amide bonds. The fraction of sp³-hybridized carbons (Fsp3) is 0.214. The molecule has 0 spiro atoms. The summed E-state index contributed by atoms with van der Waals surface area (Å²) in [6.45, 7) is 10.5. The van der Waals surface area contributed by atoms with E-state index in [-0.39, 0.29) is 11.8 Å². The van der Waals surface area contributed by atoms with Gasteiger partial charge in [0.15, 0.2) is 0 Å². The minimum atomic E-state index is -0.288. The van der Waals surface area contributed by atoms with Gasteiger partial charge in [-0.3, -0.25) is 9.59 Å². The summed E-state index contributed by atoms with van der Waals surface area (Å²) in [5.41, 5.74) is 7.27. The maximum absolute atomic E-state index is 13.9. The summed E-state index contributed by atoms with van der Waals surface area (Å²) in [6, 6.07) is 21.5. The van der Waals surface area contributed by atoms with Crippen LogP contribution in [0.1, 0.15) is 34.7 Å². The van der Waals surface area contributed by atoms with Gasteiger partial charge in [-0.15, -0.1) is 0 Å². The van der Waals surface area contributed by atoms with Crippen LogP contribution < -0.4 is 9.80 Å². The summed E-state index contributed by atoms with van der Waals surface area (Å²) in [6.07, 6.45) is 0. The number of amides is 2. The van der Waals surface area contributed by atoms with E-state index in [0.29, 0.717) is 23.5 Å². The summed E-state index contributed by atoms with van der Waals surface area (Å²) >= 11 is 0. The Morgan fingerprint density at radius 2 is 1.50 bits per heavy atom. The first-order valence-electron chi connectivity index (χ1n) is 10.9. The molecule has 0 fully saturated rings. The monoisotopic (exact) mass is 424 g/mol. The number of carbonyl (C=O) groups is 2. The smallest absolute Gasteiger partial charge is 0.282 e. The number of rotatable bonds is 5. The SMILES string of the molecule is CCN(C1=C(c2ccc(C)cc2C)C(=O)N(c2cccc(C)c2C)C1=O)c1ccccc1. The van der Waals surface area contributed by atoms with Gasteiger partial charge in [-0.2, -0.15) is 0 Å². The second kappa shape index (κ2) is 8.46. The van der Waals surface area contributed by atoms with Gasteiger partial charge in [-0.1, -0.05) is 54.1 Å². The van der Waals surface area contributed by atoms with Crippen LogP contribution in [0.2, 0.25) is 0 Å². The van der Waals surface area contributed by atoms with Crippen LogP contribution in [0.15, 0.2) is 72.4 Å². The van der Waals surface area contributed by atoms with Crippen molar-refractivity contribution in [2.45, 2.75) is 34.6 Å². The van der Waals surface area contributed by atoms with Crippen molar-refractivity contribution in [3.05, 3.63) is 100 Å². The van der Waals surface area contributed by atoms with Gasteiger partial charge in [0.25, 0.3) is 11.8 Å². The van der Waals surface area contributed by atoms with Gasteiger partial charge in [0, 0.05) is 12.2 Å². The molecule has 0 bridgehead atoms. The number of nitrogens with zero attached hydrogens (tertiary/aromatic N) is 2. The van der Waals surface area contributed by atoms with Crippen LogP contribution in [0.4, 0.5) is 11.4 Å². The molecule has 0 radical (unpaired) electrons. The van der Waals surface area contributed by atoms with Gasteiger partial charge in [0.1, 0.15) is 5.70 Å². The predicted octanol–water partition coefficient (Wildman–Crippen LogP) is 5.73. The molecule has 32 heavy (non-hydrogen) atoms. The summed E-state index contributed by atoms with van der Waals surface area (Å²) < 4.78 is 0. The highest BCUT2D eigenvalue weighted by Gasteiger charge is 2.43. The van der Waals surface area contributed by atoms with E-state index in [0.717, 1.165) is 33.5 Å². The Morgan fingerprint density at radius 1 is 0.781 bits per heavy atom. The van der Waals surface area contributed by atoms with Crippen molar-refractivity contribution in [1.82, 2.24) is 0 Å². The van der Waals surface area contributed by atoms with E-state index in [4.69, 9.17) is 0 Å². The zero-order chi connectivity index (χ0) is 23.0. The zero-order valence-corrected chi connectivity index (χ0v) is 19.3. The van der Waals surface area contributed by atoms with Crippen LogP contribution in [0, 0.1) is 27.7 Å². The fourth-order valence-corrected chi connectivity index (χ4v) is 4.38. The molecule has 4 heteroatoms. The standard InChI is InChI=1S/C28H28N2O2/c1-6-29(22-12-8-7-9-13-22)26-25(23-16-15-18(2)17-20(23)4)27(31)30(28(26)32)24-14-10-11-19(3)21(24)5/h7-17H,6H2,1-5H3. The topological polar surface area (TPSA) is 40.6 Å². The first-order chi connectivity index (χ1) is 15.3. The molecule has 162 valence electrons. The van der Waals surface area contributed by atoms with Crippen molar-refractivity contribution in [3.63, 3.8) is 0 Å². The predicted molar refractivity (Wildman–Crippen MR) is 131 cm³/mol. The van der Waals surface area contributed by atoms with Crippen LogP contribution in [0.5, 0.6) is 0 Å². The minimum Gasteiger partial charge on any atom is -0.337 e. The Hall–Kier alpha value is -3.66. The lowest BCUT2D eigenvalue weighted by Crippen LogP contribution is -2.35. The van der Waals surface area contributed by atoms with E-state index in [1.807, 2.05) is 100 Å². The second-order valence-corrected chi connectivity index (χ2v) is 8.29. The number of anilines is 2. The first kappa shape index (κ1) is 21.6. The van der Waals surface area contributed by atoms with Crippen LogP contribution in [-0.2, 0) is 9.59 Å². The molecule has 0 saturated carbocycles. The maximum Gasteiger partial charge on any atom is 0.282 e. The summed E-state index contributed by atoms with van der Waals surface area (Å²) in [4.78, 5) is 31.1. The third kappa shape index (κ3) is 3.52. The van der Waals surface area contributed by atoms with Crippen molar-refractivity contribution in [1.29, 1.82) is 0 Å². The normalized spacial score (nSPS) is 13.8. The van der Waals surface area contributed by atoms with Crippen LogP contribution in [0.3, 0.4) is 0 Å². The average Bonchev–Trinajstić information content (AvgIpc) is 3.02. The number of aryl methyl sites for hydroxylation is 3. The molecule has 0 saturated heterocycles. The Bertz CT molecular complexity index is 1240. The number of para-hydroxylation sites is 1. The number of hydrogen-bond donors (Lipinski definition) is 0. The molecule has 3 aromatic rings. The van der Waals surface area contributed by atoms with Crippen molar-refractivity contribution < 1.29 is 9.59 Å². The molecule has 0 aliphatic carbocycles. The highest BCUT2D eigenvalue weighted by atomic mass is 16.2. The Labute approximate surface area is 189 Å². The van der Waals surface area contributed by atoms with E-state index in [9.17, 15) is 9.59 Å². The highest BCUT2D eigenvalue weighted by Crippen LogP contribution is 2.39. The van der Waals surface area contributed by atoms with E-state index < -0.39 is 0 Å². The average molecular weight is 425 g/mol. The lowest BCUT2D eigenvalue weighted by Gasteiger charge is -2.25. The molecule has 0 unspecified atom stereocenters. The van der Waals surface area contributed by atoms with Gasteiger partial charge < -0.3 is 4.90 Å². The van der Waals surface area contributed by atoms with E-state index in [1.165, 1.54) is 4.90 Å². The Morgan fingerprint density at radius 3 is 2.16 bits per heavy atom. The van der Waals surface area contributed by atoms with E-state index in [1.54, 1.807) is 0 Å². The fourth-order valence-electron chi connectivity index (χ4n) is 4.38. The number of imide groups is 1. The third-order valence-corrected chi connectivity index (χ3v) is 6.18. The van der Waals surface area contributed by atoms with Gasteiger partial charge in [-0.05, 0) is 75.1 Å². The lowest BCUT2D eigenvalue weighted by molar-refractivity contribution is -0.120. The largest absolute Gasteiger partial charge is 0.337 e. The molecule has 0 N–H and O–H groups in total. The molecule has 4 nitrogen and oxygen atoms in total. The minimum absolute atomic E-state index is 0.278. The summed E-state index contributed by atoms with van der Waals surface area (Å²) in [5.74, 6) is -0.565. The highest BCUT2D eigenvalue weighted by molar-refractivity contribution is 6.46. The number of likely N-dealkylation sites (N-methyl/N-ethyl adjacent to an activating group) is 1. The van der Waals surface area contributed by atoms with Gasteiger partial charge in [0.05, 0.1) is 11.3 Å². The third-order valence-electron chi connectivity index (χ3n) is 6.18. The van der Waals surface area contributed by atoms with Crippen molar-refractivity contribution >= 4 is 28.8 Å². The lowest BCUT2D eigenvalue weighted by atomic mass is 9.97. The summed E-state index contributed by atoms with van der Waals surface area (Å²) in [5, 5.41) is 0. The zero-order valence-electron chi connectivity index (χ0n) is 19.3. The molecule has 1 aliphatic rings. The first-order valence-corrected chi connectivity index (χ1v) is 10.9. The van der Waals surface area contributed by atoms with Crippen molar-refractivity contribution in [2.75, 3.05) is 16.3 Å². The molecule has 4 rings (SSSR count). The molecular weight excluding hydrogens is 396 g/mol. The van der Waals surface area contributed by atoms with Gasteiger partial charge in [-0.25, -0.2) is 4.90 Å². The van der Waals surface area contributed by atoms with Gasteiger partial charge in [0.2, 0.25) is 0 Å². The molecule has 1 heterocycles.